The number of likely N-dealkylation sites (tertiary alicyclic amines) is 1. The van der Waals surface area contributed by atoms with Crippen molar-refractivity contribution in [3.8, 4) is 0 Å². The number of likely N-dealkylation sites (N-methyl/N-ethyl adjacent to an activating group) is 1. The summed E-state index contributed by atoms with van der Waals surface area (Å²) in [6.45, 7) is 4.52. The third-order valence-electron chi connectivity index (χ3n) is 4.44. The quantitative estimate of drug-likeness (QED) is 0.825. The van der Waals surface area contributed by atoms with Crippen molar-refractivity contribution < 1.29 is 4.79 Å². The molecule has 1 atom stereocenters. The molecule has 2 heterocycles. The largest absolute Gasteiger partial charge is 0.339 e. The summed E-state index contributed by atoms with van der Waals surface area (Å²) in [5.74, 6) is 0.302. The molecular weight excluding hydrogens is 250 g/mol. The molecule has 1 saturated carbocycles. The lowest BCUT2D eigenvalue weighted by Crippen LogP contribution is -2.41. The van der Waals surface area contributed by atoms with E-state index in [4.69, 9.17) is 0 Å². The van der Waals surface area contributed by atoms with Crippen LogP contribution in [0.4, 0.5) is 0 Å². The Labute approximate surface area is 120 Å². The maximum absolute atomic E-state index is 12.5. The van der Waals surface area contributed by atoms with Gasteiger partial charge >= 0.3 is 0 Å². The molecule has 1 aromatic rings. The normalized spacial score (nSPS) is 22.9. The molecule has 20 heavy (non-hydrogen) atoms. The topological polar surface area (TPSA) is 36.4 Å². The molecule has 1 amide bonds. The Morgan fingerprint density at radius 1 is 1.35 bits per heavy atom. The molecule has 0 aromatic carbocycles. The van der Waals surface area contributed by atoms with Gasteiger partial charge in [-0.05, 0) is 56.8 Å². The Morgan fingerprint density at radius 3 is 2.75 bits per heavy atom. The average Bonchev–Trinajstić information content (AvgIpc) is 3.19. The van der Waals surface area contributed by atoms with Crippen LogP contribution < -0.4 is 0 Å². The van der Waals surface area contributed by atoms with Crippen LogP contribution in [0.5, 0.6) is 0 Å². The molecule has 0 N–H and O–H groups in total. The van der Waals surface area contributed by atoms with Gasteiger partial charge in [-0.2, -0.15) is 0 Å². The number of carbonyl (C=O) groups excluding carboxylic acids is 1. The molecular formula is C16H23N3O. The van der Waals surface area contributed by atoms with Gasteiger partial charge in [-0.15, -0.1) is 0 Å². The lowest BCUT2D eigenvalue weighted by molar-refractivity contribution is -0.133. The fourth-order valence-corrected chi connectivity index (χ4v) is 3.27. The highest BCUT2D eigenvalue weighted by molar-refractivity contribution is 5.79. The minimum absolute atomic E-state index is 0.302. The summed E-state index contributed by atoms with van der Waals surface area (Å²) in [7, 11) is 0. The standard InChI is InChI=1S/C16H23N3O/c1-2-19(14-5-6-14)16(20)12-18-11-3-4-15(18)13-7-9-17-10-8-13/h7-10,14-15H,2-6,11-12H2,1H3. The van der Waals surface area contributed by atoms with Crippen LogP contribution in [0.1, 0.15) is 44.2 Å². The van der Waals surface area contributed by atoms with Gasteiger partial charge in [-0.1, -0.05) is 0 Å². The van der Waals surface area contributed by atoms with Crippen LogP contribution in [0, 0.1) is 0 Å². The first-order chi connectivity index (χ1) is 9.79. The summed E-state index contributed by atoms with van der Waals surface area (Å²) in [5.41, 5.74) is 1.29. The first-order valence-corrected chi connectivity index (χ1v) is 7.73. The average molecular weight is 273 g/mol. The van der Waals surface area contributed by atoms with Gasteiger partial charge in [0.1, 0.15) is 0 Å². The predicted molar refractivity (Wildman–Crippen MR) is 78.2 cm³/mol. The molecule has 3 rings (SSSR count). The number of hydrogen-bond donors (Lipinski definition) is 0. The van der Waals surface area contributed by atoms with E-state index in [1.807, 2.05) is 12.4 Å². The van der Waals surface area contributed by atoms with Crippen molar-refractivity contribution in [2.24, 2.45) is 0 Å². The molecule has 4 heteroatoms. The molecule has 0 spiro atoms. The number of nitrogens with zero attached hydrogens (tertiary/aromatic N) is 3. The number of pyridine rings is 1. The number of rotatable bonds is 5. The molecule has 0 bridgehead atoms. The van der Waals surface area contributed by atoms with Crippen molar-refractivity contribution in [2.75, 3.05) is 19.6 Å². The van der Waals surface area contributed by atoms with E-state index in [1.165, 1.54) is 24.8 Å². The molecule has 4 nitrogen and oxygen atoms in total. The molecule has 2 fully saturated rings. The summed E-state index contributed by atoms with van der Waals surface area (Å²) in [6, 6.07) is 5.06. The third-order valence-corrected chi connectivity index (χ3v) is 4.44. The number of aromatic nitrogens is 1. The van der Waals surface area contributed by atoms with Gasteiger partial charge in [-0.3, -0.25) is 14.7 Å². The minimum atomic E-state index is 0.302. The Kier molecular flexibility index (Phi) is 4.01. The summed E-state index contributed by atoms with van der Waals surface area (Å²) < 4.78 is 0. The van der Waals surface area contributed by atoms with Crippen molar-refractivity contribution in [1.82, 2.24) is 14.8 Å². The molecule has 1 aromatic heterocycles. The summed E-state index contributed by atoms with van der Waals surface area (Å²) in [6.07, 6.45) is 8.38. The Morgan fingerprint density at radius 2 is 2.10 bits per heavy atom. The zero-order valence-corrected chi connectivity index (χ0v) is 12.2. The first-order valence-electron chi connectivity index (χ1n) is 7.73. The van der Waals surface area contributed by atoms with Crippen LogP contribution in [0.2, 0.25) is 0 Å². The summed E-state index contributed by atoms with van der Waals surface area (Å²) >= 11 is 0. The van der Waals surface area contributed by atoms with Crippen LogP contribution in [0.25, 0.3) is 0 Å². The molecule has 1 saturated heterocycles. The van der Waals surface area contributed by atoms with Crippen LogP contribution in [0.15, 0.2) is 24.5 Å². The van der Waals surface area contributed by atoms with E-state index >= 15 is 0 Å². The van der Waals surface area contributed by atoms with Gasteiger partial charge in [-0.25, -0.2) is 0 Å². The summed E-state index contributed by atoms with van der Waals surface area (Å²) in [5, 5.41) is 0. The van der Waals surface area contributed by atoms with Crippen LogP contribution in [-0.2, 0) is 4.79 Å². The third kappa shape index (κ3) is 2.85. The van der Waals surface area contributed by atoms with Gasteiger partial charge in [0, 0.05) is 31.0 Å². The molecule has 2 aliphatic rings. The number of amides is 1. The maximum atomic E-state index is 12.5. The van der Waals surface area contributed by atoms with Crippen LogP contribution >= 0.6 is 0 Å². The lowest BCUT2D eigenvalue weighted by atomic mass is 10.1. The van der Waals surface area contributed by atoms with Crippen molar-refractivity contribution >= 4 is 5.91 Å². The van der Waals surface area contributed by atoms with Crippen LogP contribution in [0.3, 0.4) is 0 Å². The minimum Gasteiger partial charge on any atom is -0.339 e. The first kappa shape index (κ1) is 13.6. The number of hydrogen-bond acceptors (Lipinski definition) is 3. The van der Waals surface area contributed by atoms with E-state index in [9.17, 15) is 4.79 Å². The highest BCUT2D eigenvalue weighted by Crippen LogP contribution is 2.32. The second-order valence-electron chi connectivity index (χ2n) is 5.82. The van der Waals surface area contributed by atoms with E-state index in [0.29, 0.717) is 24.5 Å². The molecule has 1 unspecified atom stereocenters. The molecule has 1 aliphatic heterocycles. The second kappa shape index (κ2) is 5.92. The zero-order valence-electron chi connectivity index (χ0n) is 12.2. The van der Waals surface area contributed by atoms with E-state index in [0.717, 1.165) is 19.5 Å². The molecule has 0 radical (unpaired) electrons. The van der Waals surface area contributed by atoms with E-state index in [2.05, 4.69) is 33.8 Å². The van der Waals surface area contributed by atoms with Crippen molar-refractivity contribution in [3.63, 3.8) is 0 Å². The van der Waals surface area contributed by atoms with Gasteiger partial charge in [0.15, 0.2) is 0 Å². The fraction of sp³-hybridized carbons (Fsp3) is 0.625. The highest BCUT2D eigenvalue weighted by atomic mass is 16.2. The van der Waals surface area contributed by atoms with Gasteiger partial charge in [0.2, 0.25) is 5.91 Å². The van der Waals surface area contributed by atoms with E-state index in [-0.39, 0.29) is 0 Å². The highest BCUT2D eigenvalue weighted by Gasteiger charge is 2.34. The van der Waals surface area contributed by atoms with Gasteiger partial charge < -0.3 is 4.90 Å². The zero-order chi connectivity index (χ0) is 13.9. The summed E-state index contributed by atoms with van der Waals surface area (Å²) in [4.78, 5) is 20.9. The van der Waals surface area contributed by atoms with Crippen molar-refractivity contribution in [3.05, 3.63) is 30.1 Å². The predicted octanol–water partition coefficient (Wildman–Crippen LogP) is 2.23. The lowest BCUT2D eigenvalue weighted by Gasteiger charge is -2.28. The van der Waals surface area contributed by atoms with Gasteiger partial charge in [0.25, 0.3) is 0 Å². The molecule has 1 aliphatic carbocycles. The van der Waals surface area contributed by atoms with E-state index in [1.54, 1.807) is 0 Å². The Balaban J connectivity index is 1.65. The van der Waals surface area contributed by atoms with Crippen molar-refractivity contribution in [1.29, 1.82) is 0 Å². The van der Waals surface area contributed by atoms with Gasteiger partial charge in [0.05, 0.1) is 6.54 Å². The fourth-order valence-electron chi connectivity index (χ4n) is 3.27. The Hall–Kier alpha value is -1.42. The Bertz CT molecular complexity index is 458. The second-order valence-corrected chi connectivity index (χ2v) is 5.82. The van der Waals surface area contributed by atoms with Crippen LogP contribution in [-0.4, -0.2) is 46.4 Å². The van der Waals surface area contributed by atoms with Crippen molar-refractivity contribution in [2.45, 2.75) is 44.7 Å². The maximum Gasteiger partial charge on any atom is 0.237 e. The smallest absolute Gasteiger partial charge is 0.237 e. The molecule has 108 valence electrons. The van der Waals surface area contributed by atoms with E-state index < -0.39 is 0 Å². The monoisotopic (exact) mass is 273 g/mol. The SMILES string of the molecule is CCN(C(=O)CN1CCCC1c1ccncc1)C1CC1. The number of carbonyl (C=O) groups is 1.